The molecule has 1 atom stereocenters. The summed E-state index contributed by atoms with van der Waals surface area (Å²) in [5.41, 5.74) is -0.566. The van der Waals surface area contributed by atoms with Crippen LogP contribution in [0.15, 0.2) is 16.5 Å². The average Bonchev–Trinajstić information content (AvgIpc) is 2.58. The first-order valence-corrected chi connectivity index (χ1v) is 5.32. The molecule has 0 saturated carbocycles. The molecule has 2 N–H and O–H groups in total. The summed E-state index contributed by atoms with van der Waals surface area (Å²) in [6.45, 7) is 6.97. The Balaban J connectivity index is 2.82. The van der Waals surface area contributed by atoms with E-state index in [0.29, 0.717) is 5.76 Å². The third-order valence-corrected chi connectivity index (χ3v) is 2.35. The lowest BCUT2D eigenvalue weighted by molar-refractivity contribution is -0.142. The van der Waals surface area contributed by atoms with E-state index in [1.807, 2.05) is 0 Å². The van der Waals surface area contributed by atoms with Gasteiger partial charge in [-0.1, -0.05) is 20.8 Å². The van der Waals surface area contributed by atoms with E-state index in [2.05, 4.69) is 5.32 Å². The van der Waals surface area contributed by atoms with Crippen LogP contribution in [-0.2, 0) is 4.79 Å². The fourth-order valence-electron chi connectivity index (χ4n) is 1.41. The number of hydrogen-bond donors (Lipinski definition) is 2. The summed E-state index contributed by atoms with van der Waals surface area (Å²) in [4.78, 5) is 22.8. The van der Waals surface area contributed by atoms with Crippen molar-refractivity contribution < 1.29 is 19.1 Å². The molecule has 0 spiro atoms. The zero-order chi connectivity index (χ0) is 13.2. The van der Waals surface area contributed by atoms with E-state index in [-0.39, 0.29) is 5.76 Å². The summed E-state index contributed by atoms with van der Waals surface area (Å²) in [6.07, 6.45) is 0. The second kappa shape index (κ2) is 4.61. The highest BCUT2D eigenvalue weighted by atomic mass is 16.4. The quantitative estimate of drug-likeness (QED) is 0.843. The Kier molecular flexibility index (Phi) is 3.60. The third kappa shape index (κ3) is 3.34. The second-order valence-corrected chi connectivity index (χ2v) is 5.02. The molecule has 5 heteroatoms. The Hall–Kier alpha value is -1.78. The van der Waals surface area contributed by atoms with Crippen molar-refractivity contribution in [1.82, 2.24) is 5.32 Å². The van der Waals surface area contributed by atoms with Crippen LogP contribution in [0.5, 0.6) is 0 Å². The normalized spacial score (nSPS) is 13.2. The maximum atomic E-state index is 11.8. The minimum Gasteiger partial charge on any atom is -0.480 e. The van der Waals surface area contributed by atoms with E-state index < -0.39 is 23.3 Å². The van der Waals surface area contributed by atoms with E-state index in [4.69, 9.17) is 9.52 Å². The number of amides is 1. The predicted octanol–water partition coefficient (Wildman–Crippen LogP) is 1.82. The number of carbonyl (C=O) groups excluding carboxylic acids is 1. The van der Waals surface area contributed by atoms with Gasteiger partial charge in [0.15, 0.2) is 5.76 Å². The SMILES string of the molecule is Cc1ccc(C(=O)N[C@H](C(=O)O)C(C)(C)C)o1. The van der Waals surface area contributed by atoms with E-state index in [0.717, 1.165) is 0 Å². The number of aliphatic carboxylic acids is 1. The van der Waals surface area contributed by atoms with Crippen molar-refractivity contribution in [3.05, 3.63) is 23.7 Å². The molecule has 0 saturated heterocycles. The molecular weight excluding hydrogens is 222 g/mol. The molecule has 0 fully saturated rings. The van der Waals surface area contributed by atoms with Crippen LogP contribution in [0.25, 0.3) is 0 Å². The van der Waals surface area contributed by atoms with Crippen LogP contribution < -0.4 is 5.32 Å². The van der Waals surface area contributed by atoms with Gasteiger partial charge >= 0.3 is 5.97 Å². The molecule has 5 nitrogen and oxygen atoms in total. The Morgan fingerprint density at radius 3 is 2.29 bits per heavy atom. The maximum absolute atomic E-state index is 11.8. The van der Waals surface area contributed by atoms with Gasteiger partial charge in [-0.3, -0.25) is 4.79 Å². The average molecular weight is 239 g/mol. The van der Waals surface area contributed by atoms with Crippen molar-refractivity contribution in [2.75, 3.05) is 0 Å². The standard InChI is InChI=1S/C12H17NO4/c1-7-5-6-8(17-7)10(14)13-9(11(15)16)12(2,3)4/h5-6,9H,1-4H3,(H,13,14)(H,15,16)/t9-/m1/s1. The van der Waals surface area contributed by atoms with Crippen molar-refractivity contribution in [2.45, 2.75) is 33.7 Å². The highest BCUT2D eigenvalue weighted by Crippen LogP contribution is 2.20. The van der Waals surface area contributed by atoms with Gasteiger partial charge in [0.05, 0.1) is 0 Å². The summed E-state index contributed by atoms with van der Waals surface area (Å²) >= 11 is 0. The van der Waals surface area contributed by atoms with Crippen molar-refractivity contribution >= 4 is 11.9 Å². The summed E-state index contributed by atoms with van der Waals surface area (Å²) in [5.74, 6) is -0.842. The van der Waals surface area contributed by atoms with Crippen LogP contribution in [0.4, 0.5) is 0 Å². The molecule has 1 heterocycles. The molecule has 17 heavy (non-hydrogen) atoms. The molecule has 1 aromatic heterocycles. The Labute approximate surface area is 99.8 Å². The fraction of sp³-hybridized carbons (Fsp3) is 0.500. The first kappa shape index (κ1) is 13.3. The number of carbonyl (C=O) groups is 2. The number of furan rings is 1. The first-order chi connectivity index (χ1) is 7.71. The topological polar surface area (TPSA) is 79.5 Å². The van der Waals surface area contributed by atoms with Crippen LogP contribution in [0, 0.1) is 12.3 Å². The Bertz CT molecular complexity index is 428. The summed E-state index contributed by atoms with van der Waals surface area (Å²) in [6, 6.07) is 2.22. The van der Waals surface area contributed by atoms with Crippen molar-refractivity contribution in [2.24, 2.45) is 5.41 Å². The monoisotopic (exact) mass is 239 g/mol. The highest BCUT2D eigenvalue weighted by Gasteiger charge is 2.33. The zero-order valence-corrected chi connectivity index (χ0v) is 10.4. The van der Waals surface area contributed by atoms with Gasteiger partial charge in [0.1, 0.15) is 11.8 Å². The largest absolute Gasteiger partial charge is 0.480 e. The molecule has 0 aliphatic rings. The van der Waals surface area contributed by atoms with Gasteiger partial charge < -0.3 is 14.8 Å². The van der Waals surface area contributed by atoms with E-state index in [1.54, 1.807) is 33.8 Å². The van der Waals surface area contributed by atoms with E-state index in [9.17, 15) is 9.59 Å². The number of nitrogens with one attached hydrogen (secondary N) is 1. The summed E-state index contributed by atoms with van der Waals surface area (Å²) < 4.78 is 5.13. The number of aryl methyl sites for hydroxylation is 1. The summed E-state index contributed by atoms with van der Waals surface area (Å²) in [7, 11) is 0. The van der Waals surface area contributed by atoms with Crippen LogP contribution in [0.3, 0.4) is 0 Å². The molecule has 1 rings (SSSR count). The summed E-state index contributed by atoms with van der Waals surface area (Å²) in [5, 5.41) is 11.5. The van der Waals surface area contributed by atoms with E-state index in [1.165, 1.54) is 6.07 Å². The maximum Gasteiger partial charge on any atom is 0.326 e. The molecule has 0 aliphatic carbocycles. The van der Waals surface area contributed by atoms with Crippen molar-refractivity contribution in [3.8, 4) is 0 Å². The molecule has 0 bridgehead atoms. The van der Waals surface area contributed by atoms with Gasteiger partial charge in [0, 0.05) is 0 Å². The molecule has 1 amide bonds. The number of carboxylic acids is 1. The lowest BCUT2D eigenvalue weighted by atomic mass is 9.87. The van der Waals surface area contributed by atoms with Crippen LogP contribution >= 0.6 is 0 Å². The zero-order valence-electron chi connectivity index (χ0n) is 10.4. The molecule has 1 aromatic rings. The fourth-order valence-corrected chi connectivity index (χ4v) is 1.41. The van der Waals surface area contributed by atoms with Crippen molar-refractivity contribution in [1.29, 1.82) is 0 Å². The molecular formula is C12H17NO4. The lowest BCUT2D eigenvalue weighted by Crippen LogP contribution is -2.49. The molecule has 0 aromatic carbocycles. The third-order valence-electron chi connectivity index (χ3n) is 2.35. The lowest BCUT2D eigenvalue weighted by Gasteiger charge is -2.27. The predicted molar refractivity (Wildman–Crippen MR) is 61.8 cm³/mol. The van der Waals surface area contributed by atoms with Gasteiger partial charge in [-0.2, -0.15) is 0 Å². The van der Waals surface area contributed by atoms with Gasteiger partial charge in [0.25, 0.3) is 5.91 Å². The van der Waals surface area contributed by atoms with Crippen LogP contribution in [0.1, 0.15) is 37.1 Å². The number of hydrogen-bond acceptors (Lipinski definition) is 3. The molecule has 94 valence electrons. The molecule has 0 aliphatic heterocycles. The van der Waals surface area contributed by atoms with Gasteiger partial charge in [-0.15, -0.1) is 0 Å². The Morgan fingerprint density at radius 1 is 1.35 bits per heavy atom. The van der Waals surface area contributed by atoms with E-state index >= 15 is 0 Å². The highest BCUT2D eigenvalue weighted by molar-refractivity contribution is 5.94. The van der Waals surface area contributed by atoms with Crippen LogP contribution in [0.2, 0.25) is 0 Å². The number of rotatable bonds is 3. The minimum absolute atomic E-state index is 0.123. The Morgan fingerprint density at radius 2 is 1.94 bits per heavy atom. The van der Waals surface area contributed by atoms with Gasteiger partial charge in [-0.05, 0) is 24.5 Å². The first-order valence-electron chi connectivity index (χ1n) is 5.32. The van der Waals surface area contributed by atoms with Crippen LogP contribution in [-0.4, -0.2) is 23.0 Å². The van der Waals surface area contributed by atoms with Gasteiger partial charge in [-0.25, -0.2) is 4.79 Å². The van der Waals surface area contributed by atoms with Crippen molar-refractivity contribution in [3.63, 3.8) is 0 Å². The second-order valence-electron chi connectivity index (χ2n) is 5.02. The molecule has 0 radical (unpaired) electrons. The smallest absolute Gasteiger partial charge is 0.326 e. The van der Waals surface area contributed by atoms with Gasteiger partial charge in [0.2, 0.25) is 0 Å². The number of carboxylic acid groups (broad SMARTS) is 1. The minimum atomic E-state index is -1.06. The molecule has 0 unspecified atom stereocenters.